The third-order valence-electron chi connectivity index (χ3n) is 2.42. The highest BCUT2D eigenvalue weighted by Gasteiger charge is 2.16. The van der Waals surface area contributed by atoms with E-state index in [-0.39, 0.29) is 6.10 Å². The van der Waals surface area contributed by atoms with Crippen LogP contribution in [0.15, 0.2) is 18.2 Å². The minimum Gasteiger partial charge on any atom is -0.489 e. The van der Waals surface area contributed by atoms with Gasteiger partial charge in [0.2, 0.25) is 0 Å². The van der Waals surface area contributed by atoms with Crippen molar-refractivity contribution in [3.8, 4) is 5.75 Å². The molecular formula is C11H14INO2. The molecule has 0 atom stereocenters. The summed E-state index contributed by atoms with van der Waals surface area (Å²) >= 11 is 2.25. The van der Waals surface area contributed by atoms with Gasteiger partial charge in [0.15, 0.2) is 0 Å². The highest BCUT2D eigenvalue weighted by Crippen LogP contribution is 2.25. The van der Waals surface area contributed by atoms with E-state index in [4.69, 9.17) is 15.2 Å². The summed E-state index contributed by atoms with van der Waals surface area (Å²) in [6.07, 6.45) is 2.23. The molecule has 15 heavy (non-hydrogen) atoms. The van der Waals surface area contributed by atoms with Gasteiger partial charge in [0, 0.05) is 18.5 Å². The standard InChI is InChI=1S/C11H14INO2/c12-10-7-8(13)1-2-11(10)15-9-3-5-14-6-4-9/h1-2,7,9H,3-6,13H2. The van der Waals surface area contributed by atoms with Crippen molar-refractivity contribution >= 4 is 28.3 Å². The molecule has 1 saturated heterocycles. The van der Waals surface area contributed by atoms with E-state index in [0.717, 1.165) is 41.1 Å². The van der Waals surface area contributed by atoms with Crippen LogP contribution in [-0.2, 0) is 4.74 Å². The molecule has 0 spiro atoms. The number of ether oxygens (including phenoxy) is 2. The van der Waals surface area contributed by atoms with Gasteiger partial charge in [-0.3, -0.25) is 0 Å². The Bertz CT molecular complexity index is 337. The Labute approximate surface area is 103 Å². The Morgan fingerprint density at radius 1 is 1.33 bits per heavy atom. The van der Waals surface area contributed by atoms with Crippen molar-refractivity contribution in [1.82, 2.24) is 0 Å². The second-order valence-electron chi connectivity index (χ2n) is 3.62. The van der Waals surface area contributed by atoms with Gasteiger partial charge >= 0.3 is 0 Å². The highest BCUT2D eigenvalue weighted by atomic mass is 127. The second kappa shape index (κ2) is 5.03. The van der Waals surface area contributed by atoms with Crippen LogP contribution in [0.2, 0.25) is 0 Å². The van der Waals surface area contributed by atoms with Crippen LogP contribution in [0.3, 0.4) is 0 Å². The largest absolute Gasteiger partial charge is 0.489 e. The van der Waals surface area contributed by atoms with Crippen LogP contribution in [-0.4, -0.2) is 19.3 Å². The molecule has 1 fully saturated rings. The lowest BCUT2D eigenvalue weighted by Crippen LogP contribution is -2.26. The van der Waals surface area contributed by atoms with Crippen molar-refractivity contribution in [1.29, 1.82) is 0 Å². The lowest BCUT2D eigenvalue weighted by atomic mass is 10.1. The van der Waals surface area contributed by atoms with Gasteiger partial charge in [0.1, 0.15) is 11.9 Å². The number of nitrogen functional groups attached to an aromatic ring is 1. The van der Waals surface area contributed by atoms with E-state index in [0.29, 0.717) is 0 Å². The Morgan fingerprint density at radius 2 is 2.07 bits per heavy atom. The van der Waals surface area contributed by atoms with Crippen molar-refractivity contribution in [2.75, 3.05) is 18.9 Å². The maximum atomic E-state index is 5.90. The molecule has 0 bridgehead atoms. The molecule has 2 N–H and O–H groups in total. The Balaban J connectivity index is 2.03. The predicted molar refractivity (Wildman–Crippen MR) is 68.0 cm³/mol. The van der Waals surface area contributed by atoms with Crippen LogP contribution in [0.4, 0.5) is 5.69 Å². The van der Waals surface area contributed by atoms with Crippen LogP contribution < -0.4 is 10.5 Å². The second-order valence-corrected chi connectivity index (χ2v) is 4.78. The first kappa shape index (κ1) is 11.0. The average Bonchev–Trinajstić information content (AvgIpc) is 2.24. The normalized spacial score (nSPS) is 17.7. The SMILES string of the molecule is Nc1ccc(OC2CCOCC2)c(I)c1. The van der Waals surface area contributed by atoms with E-state index in [2.05, 4.69) is 22.6 Å². The lowest BCUT2D eigenvalue weighted by Gasteiger charge is -2.23. The summed E-state index contributed by atoms with van der Waals surface area (Å²) in [6, 6.07) is 5.73. The van der Waals surface area contributed by atoms with Crippen LogP contribution in [0, 0.1) is 3.57 Å². The molecule has 0 radical (unpaired) electrons. The van der Waals surface area contributed by atoms with Crippen LogP contribution in [0.25, 0.3) is 0 Å². The van der Waals surface area contributed by atoms with Gasteiger partial charge in [-0.2, -0.15) is 0 Å². The van der Waals surface area contributed by atoms with Crippen molar-refractivity contribution in [2.24, 2.45) is 0 Å². The zero-order valence-electron chi connectivity index (χ0n) is 8.41. The molecule has 4 heteroatoms. The van der Waals surface area contributed by atoms with Crippen molar-refractivity contribution in [3.05, 3.63) is 21.8 Å². The Kier molecular flexibility index (Phi) is 3.69. The van der Waals surface area contributed by atoms with Crippen LogP contribution in [0.1, 0.15) is 12.8 Å². The van der Waals surface area contributed by atoms with E-state index in [1.165, 1.54) is 0 Å². The van der Waals surface area contributed by atoms with E-state index < -0.39 is 0 Å². The molecule has 3 nitrogen and oxygen atoms in total. The van der Waals surface area contributed by atoms with Gasteiger partial charge in [0.25, 0.3) is 0 Å². The number of hydrogen-bond acceptors (Lipinski definition) is 3. The molecule has 1 heterocycles. The summed E-state index contributed by atoms with van der Waals surface area (Å²) in [5, 5.41) is 0. The van der Waals surface area contributed by atoms with Crippen molar-refractivity contribution in [3.63, 3.8) is 0 Å². The predicted octanol–water partition coefficient (Wildman–Crippen LogP) is 2.43. The van der Waals surface area contributed by atoms with Crippen LogP contribution in [0.5, 0.6) is 5.75 Å². The smallest absolute Gasteiger partial charge is 0.133 e. The zero-order chi connectivity index (χ0) is 10.7. The van der Waals surface area contributed by atoms with Crippen molar-refractivity contribution < 1.29 is 9.47 Å². The maximum absolute atomic E-state index is 5.90. The number of anilines is 1. The number of hydrogen-bond donors (Lipinski definition) is 1. The summed E-state index contributed by atoms with van der Waals surface area (Å²) in [7, 11) is 0. The van der Waals surface area contributed by atoms with E-state index in [9.17, 15) is 0 Å². The number of rotatable bonds is 2. The zero-order valence-corrected chi connectivity index (χ0v) is 10.6. The molecule has 0 amide bonds. The quantitative estimate of drug-likeness (QED) is 0.673. The lowest BCUT2D eigenvalue weighted by molar-refractivity contribution is 0.0252. The van der Waals surface area contributed by atoms with Gasteiger partial charge in [-0.1, -0.05) is 0 Å². The fraction of sp³-hybridized carbons (Fsp3) is 0.455. The van der Waals surface area contributed by atoms with Gasteiger partial charge in [-0.05, 0) is 40.8 Å². The summed E-state index contributed by atoms with van der Waals surface area (Å²) < 4.78 is 12.3. The molecule has 1 aromatic carbocycles. The molecule has 2 rings (SSSR count). The monoisotopic (exact) mass is 319 g/mol. The van der Waals surface area contributed by atoms with Gasteiger partial charge in [0.05, 0.1) is 16.8 Å². The molecule has 1 aliphatic heterocycles. The summed E-state index contributed by atoms with van der Waals surface area (Å²) in [6.45, 7) is 1.60. The number of halogens is 1. The Hall–Kier alpha value is -0.490. The minimum absolute atomic E-state index is 0.288. The third-order valence-corrected chi connectivity index (χ3v) is 3.26. The fourth-order valence-corrected chi connectivity index (χ4v) is 2.25. The summed E-state index contributed by atoms with van der Waals surface area (Å²) in [5.74, 6) is 0.928. The summed E-state index contributed by atoms with van der Waals surface area (Å²) in [5.41, 5.74) is 6.46. The van der Waals surface area contributed by atoms with E-state index in [1.54, 1.807) is 0 Å². The molecular weight excluding hydrogens is 305 g/mol. The number of nitrogens with two attached hydrogens (primary N) is 1. The molecule has 0 unspecified atom stereocenters. The Morgan fingerprint density at radius 3 is 2.73 bits per heavy atom. The van der Waals surface area contributed by atoms with E-state index >= 15 is 0 Å². The average molecular weight is 319 g/mol. The van der Waals surface area contributed by atoms with E-state index in [1.807, 2.05) is 18.2 Å². The minimum atomic E-state index is 0.288. The maximum Gasteiger partial charge on any atom is 0.133 e. The van der Waals surface area contributed by atoms with Gasteiger partial charge in [-0.25, -0.2) is 0 Å². The molecule has 0 saturated carbocycles. The first-order chi connectivity index (χ1) is 7.25. The molecule has 1 aromatic rings. The van der Waals surface area contributed by atoms with Crippen molar-refractivity contribution in [2.45, 2.75) is 18.9 Å². The number of benzene rings is 1. The first-order valence-electron chi connectivity index (χ1n) is 5.05. The summed E-state index contributed by atoms with van der Waals surface area (Å²) in [4.78, 5) is 0. The fourth-order valence-electron chi connectivity index (χ4n) is 1.59. The van der Waals surface area contributed by atoms with Gasteiger partial charge in [-0.15, -0.1) is 0 Å². The first-order valence-corrected chi connectivity index (χ1v) is 6.13. The van der Waals surface area contributed by atoms with Gasteiger partial charge < -0.3 is 15.2 Å². The molecule has 0 aliphatic carbocycles. The van der Waals surface area contributed by atoms with Crippen LogP contribution >= 0.6 is 22.6 Å². The third kappa shape index (κ3) is 2.98. The molecule has 1 aliphatic rings. The topological polar surface area (TPSA) is 44.5 Å². The highest BCUT2D eigenvalue weighted by molar-refractivity contribution is 14.1. The molecule has 0 aromatic heterocycles. The molecule has 82 valence electrons.